The zero-order valence-corrected chi connectivity index (χ0v) is 14.9. The average molecular weight is 337 g/mol. The highest BCUT2D eigenvalue weighted by molar-refractivity contribution is 5.82. The number of para-hydroxylation sites is 2. The molecule has 1 atom stereocenters. The highest BCUT2D eigenvalue weighted by Gasteiger charge is 2.30. The molecule has 1 amide bonds. The van der Waals surface area contributed by atoms with Gasteiger partial charge in [0.2, 0.25) is 5.91 Å². The summed E-state index contributed by atoms with van der Waals surface area (Å²) in [6.07, 6.45) is -0.536. The Morgan fingerprint density at radius 1 is 1.38 bits per heavy atom. The number of carbonyl (C=O) groups excluding carboxylic acids is 1. The van der Waals surface area contributed by atoms with Gasteiger partial charge in [-0.15, -0.1) is 0 Å². The van der Waals surface area contributed by atoms with E-state index in [2.05, 4.69) is 5.32 Å². The standard InChI is InChI=1S/C17H27N3O4/c1-12(2)16(22)17(3,4)11-18-15(21)10-19(5)13-8-6-7-9-14(13)20(23)24/h6-9,12,16,22H,10-11H2,1-5H3,(H,18,21). The highest BCUT2D eigenvalue weighted by Crippen LogP contribution is 2.27. The molecule has 1 aromatic rings. The third-order valence-electron chi connectivity index (χ3n) is 4.04. The van der Waals surface area contributed by atoms with Crippen molar-refractivity contribution in [3.63, 3.8) is 0 Å². The lowest BCUT2D eigenvalue weighted by molar-refractivity contribution is -0.384. The smallest absolute Gasteiger partial charge is 0.292 e. The fourth-order valence-corrected chi connectivity index (χ4v) is 2.63. The first-order valence-corrected chi connectivity index (χ1v) is 7.95. The van der Waals surface area contributed by atoms with Crippen molar-refractivity contribution in [3.05, 3.63) is 34.4 Å². The summed E-state index contributed by atoms with van der Waals surface area (Å²) >= 11 is 0. The van der Waals surface area contributed by atoms with Gasteiger partial charge in [0.25, 0.3) is 5.69 Å². The predicted octanol–water partition coefficient (Wildman–Crippen LogP) is 2.19. The van der Waals surface area contributed by atoms with E-state index >= 15 is 0 Å². The van der Waals surface area contributed by atoms with Gasteiger partial charge in [0.05, 0.1) is 17.6 Å². The largest absolute Gasteiger partial charge is 0.392 e. The van der Waals surface area contributed by atoms with Crippen LogP contribution in [0.4, 0.5) is 11.4 Å². The molecule has 0 fully saturated rings. The van der Waals surface area contributed by atoms with Crippen molar-refractivity contribution in [2.24, 2.45) is 11.3 Å². The summed E-state index contributed by atoms with van der Waals surface area (Å²) < 4.78 is 0. The molecule has 0 saturated heterocycles. The van der Waals surface area contributed by atoms with Crippen LogP contribution < -0.4 is 10.2 Å². The van der Waals surface area contributed by atoms with Crippen molar-refractivity contribution in [1.82, 2.24) is 5.32 Å². The molecule has 2 N–H and O–H groups in total. The van der Waals surface area contributed by atoms with Crippen LogP contribution in [0.5, 0.6) is 0 Å². The lowest BCUT2D eigenvalue weighted by Gasteiger charge is -2.33. The molecule has 0 bridgehead atoms. The molecule has 0 saturated carbocycles. The summed E-state index contributed by atoms with van der Waals surface area (Å²) in [5, 5.41) is 24.0. The van der Waals surface area contributed by atoms with Crippen LogP contribution in [0.1, 0.15) is 27.7 Å². The summed E-state index contributed by atoms with van der Waals surface area (Å²) in [4.78, 5) is 24.3. The van der Waals surface area contributed by atoms with Gasteiger partial charge >= 0.3 is 0 Å². The zero-order chi connectivity index (χ0) is 18.5. The number of hydrogen-bond donors (Lipinski definition) is 2. The fourth-order valence-electron chi connectivity index (χ4n) is 2.63. The van der Waals surface area contributed by atoms with Crippen molar-refractivity contribution in [2.45, 2.75) is 33.8 Å². The van der Waals surface area contributed by atoms with Gasteiger partial charge in [0.1, 0.15) is 5.69 Å². The van der Waals surface area contributed by atoms with Gasteiger partial charge in [0.15, 0.2) is 0 Å². The Balaban J connectivity index is 2.67. The third kappa shape index (κ3) is 5.19. The normalized spacial score (nSPS) is 12.8. The number of carbonyl (C=O) groups is 1. The summed E-state index contributed by atoms with van der Waals surface area (Å²) in [6, 6.07) is 6.30. The molecule has 1 rings (SSSR count). The van der Waals surface area contributed by atoms with E-state index in [4.69, 9.17) is 0 Å². The quantitative estimate of drug-likeness (QED) is 0.560. The molecule has 7 nitrogen and oxygen atoms in total. The maximum absolute atomic E-state index is 12.1. The van der Waals surface area contributed by atoms with Crippen molar-refractivity contribution >= 4 is 17.3 Å². The molecule has 7 heteroatoms. The van der Waals surface area contributed by atoms with E-state index < -0.39 is 16.4 Å². The number of nitro benzene ring substituents is 1. The van der Waals surface area contributed by atoms with Gasteiger partial charge < -0.3 is 15.3 Å². The molecular formula is C17H27N3O4. The summed E-state index contributed by atoms with van der Waals surface area (Å²) in [7, 11) is 1.63. The highest BCUT2D eigenvalue weighted by atomic mass is 16.6. The van der Waals surface area contributed by atoms with Crippen LogP contribution in [0.3, 0.4) is 0 Å². The van der Waals surface area contributed by atoms with E-state index in [1.165, 1.54) is 6.07 Å². The molecular weight excluding hydrogens is 310 g/mol. The van der Waals surface area contributed by atoms with E-state index in [9.17, 15) is 20.0 Å². The SMILES string of the molecule is CC(C)C(O)C(C)(C)CNC(=O)CN(C)c1ccccc1[N+](=O)[O-]. The maximum atomic E-state index is 12.1. The Hall–Kier alpha value is -2.15. The first-order valence-electron chi connectivity index (χ1n) is 7.95. The minimum Gasteiger partial charge on any atom is -0.392 e. The third-order valence-corrected chi connectivity index (χ3v) is 4.04. The number of amides is 1. The van der Waals surface area contributed by atoms with Crippen LogP contribution in [0.25, 0.3) is 0 Å². The minimum absolute atomic E-state index is 0.00128. The van der Waals surface area contributed by atoms with Crippen LogP contribution in [0.15, 0.2) is 24.3 Å². The number of nitrogens with zero attached hydrogens (tertiary/aromatic N) is 2. The Kier molecular flexibility index (Phi) is 6.71. The van der Waals surface area contributed by atoms with Crippen molar-refractivity contribution in [1.29, 1.82) is 0 Å². The van der Waals surface area contributed by atoms with Crippen molar-refractivity contribution < 1.29 is 14.8 Å². The molecule has 0 aromatic heterocycles. The molecule has 1 aromatic carbocycles. The second-order valence-corrected chi connectivity index (χ2v) is 7.06. The first-order chi connectivity index (χ1) is 11.1. The Labute approximate surface area is 142 Å². The summed E-state index contributed by atoms with van der Waals surface area (Å²) in [6.45, 7) is 7.97. The molecule has 134 valence electrons. The van der Waals surface area contributed by atoms with Gasteiger partial charge in [-0.3, -0.25) is 14.9 Å². The van der Waals surface area contributed by atoms with Crippen molar-refractivity contribution in [3.8, 4) is 0 Å². The van der Waals surface area contributed by atoms with E-state index in [-0.39, 0.29) is 24.1 Å². The minimum atomic E-state index is -0.536. The van der Waals surface area contributed by atoms with Crippen molar-refractivity contribution in [2.75, 3.05) is 25.0 Å². The number of benzene rings is 1. The van der Waals surface area contributed by atoms with Crippen LogP contribution in [0.2, 0.25) is 0 Å². The second kappa shape index (κ2) is 8.10. The Morgan fingerprint density at radius 3 is 2.50 bits per heavy atom. The molecule has 0 aliphatic heterocycles. The predicted molar refractivity (Wildman–Crippen MR) is 94.0 cm³/mol. The second-order valence-electron chi connectivity index (χ2n) is 7.06. The van der Waals surface area contributed by atoms with Crippen LogP contribution in [-0.2, 0) is 4.79 Å². The zero-order valence-electron chi connectivity index (χ0n) is 14.9. The van der Waals surface area contributed by atoms with Gasteiger partial charge in [-0.05, 0) is 12.0 Å². The number of aliphatic hydroxyl groups is 1. The lowest BCUT2D eigenvalue weighted by atomic mass is 9.81. The maximum Gasteiger partial charge on any atom is 0.292 e. The number of likely N-dealkylation sites (N-methyl/N-ethyl adjacent to an activating group) is 1. The average Bonchev–Trinajstić information content (AvgIpc) is 2.52. The van der Waals surface area contributed by atoms with Gasteiger partial charge in [0, 0.05) is 25.1 Å². The number of hydrogen-bond acceptors (Lipinski definition) is 5. The number of rotatable bonds is 8. The molecule has 0 heterocycles. The molecule has 24 heavy (non-hydrogen) atoms. The van der Waals surface area contributed by atoms with Crippen LogP contribution >= 0.6 is 0 Å². The summed E-state index contributed by atoms with van der Waals surface area (Å²) in [5.41, 5.74) is -0.108. The molecule has 0 radical (unpaired) electrons. The first kappa shape index (κ1) is 19.9. The fraction of sp³-hybridized carbons (Fsp3) is 0.588. The van der Waals surface area contributed by atoms with E-state index in [0.29, 0.717) is 12.2 Å². The van der Waals surface area contributed by atoms with E-state index in [0.717, 1.165) is 0 Å². The topological polar surface area (TPSA) is 95.7 Å². The van der Waals surface area contributed by atoms with E-state index in [1.807, 2.05) is 27.7 Å². The van der Waals surface area contributed by atoms with Crippen LogP contribution in [-0.4, -0.2) is 42.2 Å². The number of nitrogens with one attached hydrogen (secondary N) is 1. The number of aliphatic hydroxyl groups excluding tert-OH is 1. The summed E-state index contributed by atoms with van der Waals surface area (Å²) in [5.74, 6) is -0.161. The molecule has 0 spiro atoms. The molecule has 1 unspecified atom stereocenters. The van der Waals surface area contributed by atoms with Gasteiger partial charge in [-0.2, -0.15) is 0 Å². The van der Waals surface area contributed by atoms with Gasteiger partial charge in [-0.25, -0.2) is 0 Å². The molecule has 0 aliphatic carbocycles. The molecule has 0 aliphatic rings. The monoisotopic (exact) mass is 337 g/mol. The van der Waals surface area contributed by atoms with Gasteiger partial charge in [-0.1, -0.05) is 39.8 Å². The Morgan fingerprint density at radius 2 is 1.96 bits per heavy atom. The Bertz CT molecular complexity index is 587. The number of anilines is 1. The van der Waals surface area contributed by atoms with Crippen LogP contribution in [0, 0.1) is 21.4 Å². The number of nitro groups is 1. The lowest BCUT2D eigenvalue weighted by Crippen LogP contribution is -2.45. The van der Waals surface area contributed by atoms with E-state index in [1.54, 1.807) is 30.1 Å².